The van der Waals surface area contributed by atoms with Gasteiger partial charge in [-0.25, -0.2) is 4.98 Å². The second-order valence-corrected chi connectivity index (χ2v) is 5.50. The van der Waals surface area contributed by atoms with Crippen LogP contribution in [0.3, 0.4) is 0 Å². The summed E-state index contributed by atoms with van der Waals surface area (Å²) in [5, 5.41) is 3.56. The second-order valence-electron chi connectivity index (χ2n) is 4.56. The first-order valence-corrected chi connectivity index (χ1v) is 6.74. The third kappa shape index (κ3) is 5.05. The maximum absolute atomic E-state index is 4.26. The molecule has 1 N–H and O–H groups in total. The van der Waals surface area contributed by atoms with Gasteiger partial charge >= 0.3 is 0 Å². The van der Waals surface area contributed by atoms with Crippen LogP contribution in [0.15, 0.2) is 5.51 Å². The van der Waals surface area contributed by atoms with Crippen molar-refractivity contribution in [2.24, 2.45) is 0 Å². The highest BCUT2D eigenvalue weighted by Crippen LogP contribution is 2.12. The maximum atomic E-state index is 4.26. The third-order valence-electron chi connectivity index (χ3n) is 2.70. The highest BCUT2D eigenvalue weighted by Gasteiger charge is 2.04. The van der Waals surface area contributed by atoms with E-state index in [9.17, 15) is 0 Å². The number of aromatic nitrogens is 1. The van der Waals surface area contributed by atoms with E-state index in [4.69, 9.17) is 0 Å². The number of nitrogens with zero attached hydrogens (tertiary/aromatic N) is 2. The number of nitrogens with one attached hydrogen (secondary N) is 1. The van der Waals surface area contributed by atoms with Crippen molar-refractivity contribution < 1.29 is 0 Å². The molecule has 1 unspecified atom stereocenters. The van der Waals surface area contributed by atoms with Crippen LogP contribution in [-0.4, -0.2) is 43.1 Å². The average Bonchev–Trinajstić information content (AvgIpc) is 2.61. The summed E-state index contributed by atoms with van der Waals surface area (Å²) in [5.41, 5.74) is 3.12. The molecule has 0 fully saturated rings. The standard InChI is InChI=1S/C12H23N3S/c1-10(6-8-15(3)4)13-7-5-12-11(2)14-9-16-12/h9-10,13H,5-8H2,1-4H3. The van der Waals surface area contributed by atoms with Gasteiger partial charge in [0.05, 0.1) is 11.2 Å². The largest absolute Gasteiger partial charge is 0.314 e. The molecule has 0 saturated heterocycles. The van der Waals surface area contributed by atoms with Gasteiger partial charge in [-0.3, -0.25) is 0 Å². The van der Waals surface area contributed by atoms with Gasteiger partial charge in [0.1, 0.15) is 0 Å². The van der Waals surface area contributed by atoms with Crippen molar-refractivity contribution in [3.8, 4) is 0 Å². The molecule has 92 valence electrons. The van der Waals surface area contributed by atoms with E-state index in [0.29, 0.717) is 6.04 Å². The predicted octanol–water partition coefficient (Wildman–Crippen LogP) is 1.92. The summed E-state index contributed by atoms with van der Waals surface area (Å²) in [4.78, 5) is 7.90. The quantitative estimate of drug-likeness (QED) is 0.790. The Morgan fingerprint density at radius 1 is 1.50 bits per heavy atom. The zero-order chi connectivity index (χ0) is 12.0. The lowest BCUT2D eigenvalue weighted by atomic mass is 10.2. The van der Waals surface area contributed by atoms with Gasteiger partial charge in [0.2, 0.25) is 0 Å². The van der Waals surface area contributed by atoms with Crippen molar-refractivity contribution in [1.29, 1.82) is 0 Å². The Bertz CT molecular complexity index is 296. The topological polar surface area (TPSA) is 28.2 Å². The van der Waals surface area contributed by atoms with Gasteiger partial charge < -0.3 is 10.2 Å². The minimum atomic E-state index is 0.593. The molecule has 1 heterocycles. The first-order chi connectivity index (χ1) is 7.59. The van der Waals surface area contributed by atoms with Gasteiger partial charge in [-0.05, 0) is 47.3 Å². The highest BCUT2D eigenvalue weighted by atomic mass is 32.1. The summed E-state index contributed by atoms with van der Waals surface area (Å²) in [6.45, 7) is 6.54. The zero-order valence-electron chi connectivity index (χ0n) is 10.8. The molecule has 0 spiro atoms. The monoisotopic (exact) mass is 241 g/mol. The fourth-order valence-electron chi connectivity index (χ4n) is 1.55. The van der Waals surface area contributed by atoms with E-state index in [0.717, 1.165) is 19.5 Å². The van der Waals surface area contributed by atoms with Gasteiger partial charge in [0.25, 0.3) is 0 Å². The van der Waals surface area contributed by atoms with Gasteiger partial charge in [0.15, 0.2) is 0 Å². The number of rotatable bonds is 7. The van der Waals surface area contributed by atoms with Crippen molar-refractivity contribution in [3.63, 3.8) is 0 Å². The SMILES string of the molecule is Cc1ncsc1CCNC(C)CCN(C)C. The Kier molecular flexibility index (Phi) is 5.95. The lowest BCUT2D eigenvalue weighted by Crippen LogP contribution is -2.31. The third-order valence-corrected chi connectivity index (χ3v) is 3.69. The predicted molar refractivity (Wildman–Crippen MR) is 71.2 cm³/mol. The molecule has 4 heteroatoms. The lowest BCUT2D eigenvalue weighted by molar-refractivity contribution is 0.367. The number of thiazole rings is 1. The number of hydrogen-bond acceptors (Lipinski definition) is 4. The Morgan fingerprint density at radius 3 is 2.81 bits per heavy atom. The van der Waals surface area contributed by atoms with Crippen molar-refractivity contribution in [2.45, 2.75) is 32.7 Å². The van der Waals surface area contributed by atoms with E-state index < -0.39 is 0 Å². The van der Waals surface area contributed by atoms with Gasteiger partial charge in [-0.2, -0.15) is 0 Å². The summed E-state index contributed by atoms with van der Waals surface area (Å²) >= 11 is 1.76. The maximum Gasteiger partial charge on any atom is 0.0797 e. The van der Waals surface area contributed by atoms with Crippen LogP contribution < -0.4 is 5.32 Å². The van der Waals surface area contributed by atoms with Crippen LogP contribution in [0.5, 0.6) is 0 Å². The fraction of sp³-hybridized carbons (Fsp3) is 0.750. The van der Waals surface area contributed by atoms with E-state index in [1.54, 1.807) is 11.3 Å². The Balaban J connectivity index is 2.13. The lowest BCUT2D eigenvalue weighted by Gasteiger charge is -2.16. The normalized spacial score (nSPS) is 13.3. The van der Waals surface area contributed by atoms with E-state index >= 15 is 0 Å². The summed E-state index contributed by atoms with van der Waals surface area (Å²) in [7, 11) is 4.24. The first kappa shape index (κ1) is 13.6. The number of aryl methyl sites for hydroxylation is 1. The molecule has 0 saturated carbocycles. The zero-order valence-corrected chi connectivity index (χ0v) is 11.6. The van der Waals surface area contributed by atoms with Crippen molar-refractivity contribution in [2.75, 3.05) is 27.2 Å². The average molecular weight is 241 g/mol. The van der Waals surface area contributed by atoms with Gasteiger partial charge in [-0.15, -0.1) is 11.3 Å². The van der Waals surface area contributed by atoms with Gasteiger partial charge in [0, 0.05) is 17.5 Å². The second kappa shape index (κ2) is 6.99. The molecule has 1 rings (SSSR count). The molecule has 0 aliphatic carbocycles. The van der Waals surface area contributed by atoms with E-state index in [1.807, 2.05) is 5.51 Å². The Morgan fingerprint density at radius 2 is 2.25 bits per heavy atom. The highest BCUT2D eigenvalue weighted by molar-refractivity contribution is 7.09. The summed E-state index contributed by atoms with van der Waals surface area (Å²) in [5.74, 6) is 0. The van der Waals surface area contributed by atoms with Crippen LogP contribution in [0.1, 0.15) is 23.9 Å². The smallest absolute Gasteiger partial charge is 0.0797 e. The molecule has 0 amide bonds. The molecule has 0 aliphatic heterocycles. The molecule has 0 radical (unpaired) electrons. The van der Waals surface area contributed by atoms with Crippen molar-refractivity contribution >= 4 is 11.3 Å². The van der Waals surface area contributed by atoms with E-state index in [-0.39, 0.29) is 0 Å². The van der Waals surface area contributed by atoms with Crippen LogP contribution in [-0.2, 0) is 6.42 Å². The van der Waals surface area contributed by atoms with Crippen LogP contribution in [0.25, 0.3) is 0 Å². The fourth-order valence-corrected chi connectivity index (χ4v) is 2.33. The van der Waals surface area contributed by atoms with Crippen LogP contribution in [0.2, 0.25) is 0 Å². The van der Waals surface area contributed by atoms with Crippen LogP contribution in [0, 0.1) is 6.92 Å². The molecule has 0 bridgehead atoms. The molecular formula is C12H23N3S. The summed E-state index contributed by atoms with van der Waals surface area (Å²) in [6, 6.07) is 0.593. The molecule has 1 aromatic rings. The molecule has 0 aromatic carbocycles. The van der Waals surface area contributed by atoms with E-state index in [2.05, 4.69) is 43.1 Å². The number of hydrogen-bond donors (Lipinski definition) is 1. The van der Waals surface area contributed by atoms with Crippen LogP contribution in [0.4, 0.5) is 0 Å². The Hall–Kier alpha value is -0.450. The molecule has 16 heavy (non-hydrogen) atoms. The molecular weight excluding hydrogens is 218 g/mol. The molecule has 0 aliphatic rings. The van der Waals surface area contributed by atoms with Crippen molar-refractivity contribution in [1.82, 2.24) is 15.2 Å². The summed E-state index contributed by atoms with van der Waals surface area (Å²) < 4.78 is 0. The van der Waals surface area contributed by atoms with Gasteiger partial charge in [-0.1, -0.05) is 0 Å². The Labute approximate surface area is 103 Å². The summed E-state index contributed by atoms with van der Waals surface area (Å²) in [6.07, 6.45) is 2.30. The molecule has 1 aromatic heterocycles. The van der Waals surface area contributed by atoms with E-state index in [1.165, 1.54) is 17.0 Å². The molecule has 3 nitrogen and oxygen atoms in total. The minimum Gasteiger partial charge on any atom is -0.314 e. The minimum absolute atomic E-state index is 0.593. The first-order valence-electron chi connectivity index (χ1n) is 5.86. The van der Waals surface area contributed by atoms with Crippen molar-refractivity contribution in [3.05, 3.63) is 16.1 Å². The molecule has 1 atom stereocenters. The van der Waals surface area contributed by atoms with Crippen LogP contribution >= 0.6 is 11.3 Å².